The molecule has 1 saturated heterocycles. The van der Waals surface area contributed by atoms with Gasteiger partial charge in [0, 0.05) is 18.1 Å². The van der Waals surface area contributed by atoms with Gasteiger partial charge in [-0.1, -0.05) is 13.5 Å². The second kappa shape index (κ2) is 7.91. The number of hydrogen-bond acceptors (Lipinski definition) is 8. The summed E-state index contributed by atoms with van der Waals surface area (Å²) in [4.78, 5) is 36.3. The van der Waals surface area contributed by atoms with Gasteiger partial charge < -0.3 is 24.1 Å². The van der Waals surface area contributed by atoms with Crippen LogP contribution in [0.15, 0.2) is 23.3 Å². The molecule has 160 valence electrons. The first-order valence-electron chi connectivity index (χ1n) is 9.83. The van der Waals surface area contributed by atoms with Crippen molar-refractivity contribution in [1.82, 2.24) is 0 Å². The average Bonchev–Trinajstić information content (AvgIpc) is 3.19. The zero-order chi connectivity index (χ0) is 21.5. The number of ether oxygens (including phenoxy) is 4. The average molecular weight is 408 g/mol. The summed E-state index contributed by atoms with van der Waals surface area (Å²) in [5.74, 6) is -1.80. The molecule has 2 aliphatic heterocycles. The minimum atomic E-state index is -0.836. The zero-order valence-corrected chi connectivity index (χ0v) is 17.2. The SMILES string of the molecule is C=C(C)C(=O)OC1CC(C)C(OC(C)=O)CCC2(C)OC2C2OC(=O)C(CO)=C12. The third kappa shape index (κ3) is 4.23. The Morgan fingerprint density at radius 2 is 2.00 bits per heavy atom. The Morgan fingerprint density at radius 3 is 2.59 bits per heavy atom. The van der Waals surface area contributed by atoms with Crippen LogP contribution in [0.4, 0.5) is 0 Å². The number of esters is 3. The van der Waals surface area contributed by atoms with E-state index in [0.717, 1.165) is 0 Å². The van der Waals surface area contributed by atoms with E-state index in [0.29, 0.717) is 24.8 Å². The number of aliphatic hydroxyl groups is 1. The van der Waals surface area contributed by atoms with Gasteiger partial charge in [0.2, 0.25) is 0 Å². The van der Waals surface area contributed by atoms with Crippen LogP contribution in [0.3, 0.4) is 0 Å². The van der Waals surface area contributed by atoms with Crippen molar-refractivity contribution in [2.75, 3.05) is 6.61 Å². The first kappa shape index (κ1) is 21.5. The molecule has 0 amide bonds. The van der Waals surface area contributed by atoms with Crippen LogP contribution in [0.25, 0.3) is 0 Å². The van der Waals surface area contributed by atoms with Crippen molar-refractivity contribution < 1.29 is 38.4 Å². The van der Waals surface area contributed by atoms with Crippen LogP contribution in [0.2, 0.25) is 0 Å². The van der Waals surface area contributed by atoms with Crippen molar-refractivity contribution in [2.24, 2.45) is 5.92 Å². The van der Waals surface area contributed by atoms with Crippen molar-refractivity contribution in [2.45, 2.75) is 77.0 Å². The fourth-order valence-electron chi connectivity index (χ4n) is 4.20. The molecule has 1 aliphatic carbocycles. The highest BCUT2D eigenvalue weighted by Gasteiger charge is 2.62. The lowest BCUT2D eigenvalue weighted by Crippen LogP contribution is -2.38. The van der Waals surface area contributed by atoms with Crippen LogP contribution in [-0.2, 0) is 33.3 Å². The number of carbonyl (C=O) groups is 3. The Kier molecular flexibility index (Phi) is 5.87. The number of carbonyl (C=O) groups excluding carboxylic acids is 3. The molecule has 0 aromatic rings. The van der Waals surface area contributed by atoms with Crippen molar-refractivity contribution in [3.05, 3.63) is 23.3 Å². The summed E-state index contributed by atoms with van der Waals surface area (Å²) in [6, 6.07) is 0. The maximum absolute atomic E-state index is 12.4. The van der Waals surface area contributed by atoms with Crippen LogP contribution >= 0.6 is 0 Å². The molecule has 0 bridgehead atoms. The van der Waals surface area contributed by atoms with Crippen LogP contribution in [0.1, 0.15) is 47.0 Å². The smallest absolute Gasteiger partial charge is 0.337 e. The topological polar surface area (TPSA) is 112 Å². The van der Waals surface area contributed by atoms with E-state index in [4.69, 9.17) is 18.9 Å². The molecule has 0 spiro atoms. The molecule has 0 aromatic carbocycles. The fraction of sp³-hybridized carbons (Fsp3) is 0.667. The Labute approximate surface area is 169 Å². The standard InChI is InChI=1S/C21H28O8/c1-10(2)19(24)27-15-8-11(3)14(26-12(4)23)6-7-21(5)18(29-21)17-16(15)13(9-22)20(25)28-17/h11,14-15,17-18,22H,1,6-9H2,2-5H3. The van der Waals surface area contributed by atoms with E-state index in [1.165, 1.54) is 13.8 Å². The van der Waals surface area contributed by atoms with Crippen molar-refractivity contribution in [3.8, 4) is 0 Å². The summed E-state index contributed by atoms with van der Waals surface area (Å²) >= 11 is 0. The summed E-state index contributed by atoms with van der Waals surface area (Å²) in [5.41, 5.74) is 0.173. The molecule has 1 N–H and O–H groups in total. The van der Waals surface area contributed by atoms with Crippen LogP contribution < -0.4 is 0 Å². The van der Waals surface area contributed by atoms with E-state index >= 15 is 0 Å². The van der Waals surface area contributed by atoms with Gasteiger partial charge in [-0.25, -0.2) is 9.59 Å². The van der Waals surface area contributed by atoms with Gasteiger partial charge in [-0.3, -0.25) is 4.79 Å². The van der Waals surface area contributed by atoms with E-state index in [1.54, 1.807) is 0 Å². The molecular weight excluding hydrogens is 380 g/mol. The summed E-state index contributed by atoms with van der Waals surface area (Å²) in [5, 5.41) is 9.80. The first-order valence-corrected chi connectivity index (χ1v) is 9.83. The molecular formula is C21H28O8. The van der Waals surface area contributed by atoms with Gasteiger partial charge >= 0.3 is 17.9 Å². The molecule has 8 nitrogen and oxygen atoms in total. The lowest BCUT2D eigenvalue weighted by molar-refractivity contribution is -0.152. The number of rotatable bonds is 4. The minimum Gasteiger partial charge on any atom is -0.462 e. The number of hydrogen-bond donors (Lipinski definition) is 1. The lowest BCUT2D eigenvalue weighted by atomic mass is 9.82. The normalized spacial score (nSPS) is 36.4. The number of epoxide rings is 1. The van der Waals surface area contributed by atoms with Crippen LogP contribution in [0.5, 0.6) is 0 Å². The van der Waals surface area contributed by atoms with Crippen LogP contribution in [0, 0.1) is 5.92 Å². The number of aliphatic hydroxyl groups excluding tert-OH is 1. The monoisotopic (exact) mass is 408 g/mol. The molecule has 1 saturated carbocycles. The maximum Gasteiger partial charge on any atom is 0.337 e. The third-order valence-corrected chi connectivity index (χ3v) is 5.92. The Hall–Kier alpha value is -2.19. The molecule has 6 unspecified atom stereocenters. The molecule has 6 atom stereocenters. The van der Waals surface area contributed by atoms with Crippen LogP contribution in [-0.4, -0.2) is 59.6 Å². The fourth-order valence-corrected chi connectivity index (χ4v) is 4.20. The van der Waals surface area contributed by atoms with E-state index < -0.39 is 48.6 Å². The van der Waals surface area contributed by atoms with Gasteiger partial charge in [-0.2, -0.15) is 0 Å². The molecule has 29 heavy (non-hydrogen) atoms. The van der Waals surface area contributed by atoms with Crippen molar-refractivity contribution in [3.63, 3.8) is 0 Å². The van der Waals surface area contributed by atoms with Crippen molar-refractivity contribution >= 4 is 17.9 Å². The molecule has 2 fully saturated rings. The summed E-state index contributed by atoms with van der Waals surface area (Å²) in [6.45, 7) is 9.77. The first-order chi connectivity index (χ1) is 13.6. The second-order valence-corrected chi connectivity index (χ2v) is 8.34. The summed E-state index contributed by atoms with van der Waals surface area (Å²) < 4.78 is 22.6. The highest BCUT2D eigenvalue weighted by molar-refractivity contribution is 5.93. The molecule has 2 heterocycles. The molecule has 3 rings (SSSR count). The Bertz CT molecular complexity index is 769. The van der Waals surface area contributed by atoms with Crippen molar-refractivity contribution in [1.29, 1.82) is 0 Å². The lowest BCUT2D eigenvalue weighted by Gasteiger charge is -2.31. The molecule has 0 radical (unpaired) electrons. The zero-order valence-electron chi connectivity index (χ0n) is 17.2. The van der Waals surface area contributed by atoms with Gasteiger partial charge in [0.15, 0.2) is 6.10 Å². The predicted octanol–water partition coefficient (Wildman–Crippen LogP) is 1.60. The molecule has 8 heteroatoms. The second-order valence-electron chi connectivity index (χ2n) is 8.34. The molecule has 3 aliphatic rings. The summed E-state index contributed by atoms with van der Waals surface area (Å²) in [7, 11) is 0. The highest BCUT2D eigenvalue weighted by Crippen LogP contribution is 2.50. The predicted molar refractivity (Wildman–Crippen MR) is 101 cm³/mol. The maximum atomic E-state index is 12.4. The summed E-state index contributed by atoms with van der Waals surface area (Å²) in [6.07, 6.45) is -0.886. The van der Waals surface area contributed by atoms with Gasteiger partial charge in [-0.05, 0) is 39.0 Å². The van der Waals surface area contributed by atoms with E-state index in [9.17, 15) is 19.5 Å². The Balaban J connectivity index is 2.02. The van der Waals surface area contributed by atoms with Gasteiger partial charge in [-0.15, -0.1) is 0 Å². The highest BCUT2D eigenvalue weighted by atomic mass is 16.6. The van der Waals surface area contributed by atoms with E-state index in [-0.39, 0.29) is 23.0 Å². The van der Waals surface area contributed by atoms with Gasteiger partial charge in [0.25, 0.3) is 0 Å². The third-order valence-electron chi connectivity index (χ3n) is 5.92. The van der Waals surface area contributed by atoms with Gasteiger partial charge in [0.05, 0.1) is 17.8 Å². The minimum absolute atomic E-state index is 0.0872. The Morgan fingerprint density at radius 1 is 1.31 bits per heavy atom. The van der Waals surface area contributed by atoms with E-state index in [2.05, 4.69) is 6.58 Å². The molecule has 0 aromatic heterocycles. The van der Waals surface area contributed by atoms with E-state index in [1.807, 2.05) is 13.8 Å². The largest absolute Gasteiger partial charge is 0.462 e. The number of fused-ring (bicyclic) bond motifs is 3. The quantitative estimate of drug-likeness (QED) is 0.323. The van der Waals surface area contributed by atoms with Gasteiger partial charge in [0.1, 0.15) is 18.3 Å².